The number of nitrogens with two attached hydrogens (primary N) is 1. The van der Waals surface area contributed by atoms with E-state index in [1.165, 1.54) is 27.6 Å². The van der Waals surface area contributed by atoms with Crippen LogP contribution in [0, 0.1) is 13.8 Å². The van der Waals surface area contributed by atoms with Gasteiger partial charge in [0.25, 0.3) is 0 Å². The molecular weight excluding hydrogens is 354 g/mol. The summed E-state index contributed by atoms with van der Waals surface area (Å²) in [6, 6.07) is 16.9. The second kappa shape index (κ2) is 7.26. The number of H-pyrrole nitrogens is 1. The summed E-state index contributed by atoms with van der Waals surface area (Å²) < 4.78 is 0. The van der Waals surface area contributed by atoms with E-state index in [-0.39, 0.29) is 0 Å². The Bertz CT molecular complexity index is 1130. The fraction of sp³-hybridized carbons (Fsp3) is 0.217. The Labute approximate surface area is 164 Å². The van der Waals surface area contributed by atoms with Gasteiger partial charge in [0, 0.05) is 38.2 Å². The highest BCUT2D eigenvalue weighted by molar-refractivity contribution is 6.31. The molecule has 1 heterocycles. The van der Waals surface area contributed by atoms with Gasteiger partial charge in [-0.3, -0.25) is 0 Å². The fourth-order valence-corrected chi connectivity index (χ4v) is 3.76. The average Bonchev–Trinajstić information content (AvgIpc) is 3.01. The third-order valence-electron chi connectivity index (χ3n) is 5.20. The number of hydrogen-bond donors (Lipinski definition) is 3. The number of hydrogen-bond acceptors (Lipinski definition) is 2. The molecule has 4 rings (SSSR count). The van der Waals surface area contributed by atoms with E-state index < -0.39 is 0 Å². The second-order valence-corrected chi connectivity index (χ2v) is 7.63. The predicted octanol–water partition coefficient (Wildman–Crippen LogP) is 6.23. The molecule has 0 aliphatic carbocycles. The molecule has 3 aromatic carbocycles. The molecule has 27 heavy (non-hydrogen) atoms. The minimum atomic E-state index is 0.683. The maximum Gasteiger partial charge on any atom is 0.0498 e. The molecule has 0 radical (unpaired) electrons. The minimum Gasteiger partial charge on any atom is -0.355 e. The van der Waals surface area contributed by atoms with Crippen LogP contribution in [0.5, 0.6) is 0 Å². The standard InChI is InChI=1S/C23H24ClN3/c1-14-5-7-18(10-15(14)2)26-19-11-16(4-3-9-25)23-21(13-19)20-12-17(24)6-8-22(20)27-23/h5-8,10-13,26-27H,3-4,9,25H2,1-2H3. The van der Waals surface area contributed by atoms with Crippen LogP contribution in [0.1, 0.15) is 23.1 Å². The van der Waals surface area contributed by atoms with E-state index in [1.807, 2.05) is 18.2 Å². The lowest BCUT2D eigenvalue weighted by atomic mass is 10.0. The van der Waals surface area contributed by atoms with Crippen molar-refractivity contribution >= 4 is 44.8 Å². The quantitative estimate of drug-likeness (QED) is 0.386. The van der Waals surface area contributed by atoms with Crippen LogP contribution in [-0.2, 0) is 6.42 Å². The molecule has 0 bridgehead atoms. The first kappa shape index (κ1) is 17.9. The number of aromatic nitrogens is 1. The highest BCUT2D eigenvalue weighted by Gasteiger charge is 2.11. The van der Waals surface area contributed by atoms with Crippen LogP contribution in [0.4, 0.5) is 11.4 Å². The van der Waals surface area contributed by atoms with Gasteiger partial charge in [0.1, 0.15) is 0 Å². The zero-order chi connectivity index (χ0) is 19.0. The van der Waals surface area contributed by atoms with Crippen molar-refractivity contribution in [3.05, 3.63) is 70.2 Å². The third kappa shape index (κ3) is 3.53. The molecule has 0 saturated carbocycles. The molecule has 4 heteroatoms. The van der Waals surface area contributed by atoms with Crippen LogP contribution in [0.25, 0.3) is 21.8 Å². The van der Waals surface area contributed by atoms with Gasteiger partial charge >= 0.3 is 0 Å². The van der Waals surface area contributed by atoms with Crippen LogP contribution in [0.3, 0.4) is 0 Å². The number of nitrogens with one attached hydrogen (secondary N) is 2. The van der Waals surface area contributed by atoms with Crippen LogP contribution in [0.2, 0.25) is 5.02 Å². The maximum absolute atomic E-state index is 6.26. The molecule has 0 fully saturated rings. The summed E-state index contributed by atoms with van der Waals surface area (Å²) in [7, 11) is 0. The molecule has 3 nitrogen and oxygen atoms in total. The summed E-state index contributed by atoms with van der Waals surface area (Å²) in [5.41, 5.74) is 14.1. The number of rotatable bonds is 5. The summed E-state index contributed by atoms with van der Waals surface area (Å²) in [6.45, 7) is 4.95. The molecular formula is C23H24ClN3. The van der Waals surface area contributed by atoms with Gasteiger partial charge in [0.05, 0.1) is 0 Å². The van der Waals surface area contributed by atoms with Crippen molar-refractivity contribution < 1.29 is 0 Å². The zero-order valence-electron chi connectivity index (χ0n) is 15.7. The normalized spacial score (nSPS) is 11.4. The highest BCUT2D eigenvalue weighted by atomic mass is 35.5. The number of anilines is 2. The van der Waals surface area contributed by atoms with Gasteiger partial charge in [-0.25, -0.2) is 0 Å². The molecule has 4 aromatic rings. The summed E-state index contributed by atoms with van der Waals surface area (Å²) in [5.74, 6) is 0. The van der Waals surface area contributed by atoms with E-state index >= 15 is 0 Å². The zero-order valence-corrected chi connectivity index (χ0v) is 16.5. The maximum atomic E-state index is 6.26. The van der Waals surface area contributed by atoms with Crippen molar-refractivity contribution in [2.24, 2.45) is 5.73 Å². The summed E-state index contributed by atoms with van der Waals surface area (Å²) >= 11 is 6.26. The second-order valence-electron chi connectivity index (χ2n) is 7.19. The third-order valence-corrected chi connectivity index (χ3v) is 5.43. The predicted molar refractivity (Wildman–Crippen MR) is 117 cm³/mol. The molecule has 1 aromatic heterocycles. The fourth-order valence-electron chi connectivity index (χ4n) is 3.59. The molecule has 0 atom stereocenters. The Kier molecular flexibility index (Phi) is 4.81. The highest BCUT2D eigenvalue weighted by Crippen LogP contribution is 2.34. The lowest BCUT2D eigenvalue weighted by Gasteiger charge is -2.12. The van der Waals surface area contributed by atoms with Crippen LogP contribution in [-0.4, -0.2) is 11.5 Å². The number of aromatic amines is 1. The SMILES string of the molecule is Cc1ccc(Nc2cc(CCCN)c3[nH]c4ccc(Cl)cc4c3c2)cc1C. The van der Waals surface area contributed by atoms with E-state index in [0.29, 0.717) is 6.54 Å². The first-order valence-corrected chi connectivity index (χ1v) is 9.71. The molecule has 0 aliphatic heterocycles. The molecule has 0 saturated heterocycles. The number of aryl methyl sites for hydroxylation is 3. The van der Waals surface area contributed by atoms with Gasteiger partial charge in [-0.1, -0.05) is 17.7 Å². The van der Waals surface area contributed by atoms with Crippen LogP contribution in [0.15, 0.2) is 48.5 Å². The molecule has 0 spiro atoms. The van der Waals surface area contributed by atoms with Crippen molar-refractivity contribution in [1.29, 1.82) is 0 Å². The van der Waals surface area contributed by atoms with Gasteiger partial charge < -0.3 is 16.0 Å². The van der Waals surface area contributed by atoms with E-state index in [9.17, 15) is 0 Å². The van der Waals surface area contributed by atoms with Crippen molar-refractivity contribution in [3.63, 3.8) is 0 Å². The van der Waals surface area contributed by atoms with Crippen molar-refractivity contribution in [2.45, 2.75) is 26.7 Å². The van der Waals surface area contributed by atoms with E-state index in [4.69, 9.17) is 17.3 Å². The lowest BCUT2D eigenvalue weighted by molar-refractivity contribution is 0.836. The smallest absolute Gasteiger partial charge is 0.0498 e. The largest absolute Gasteiger partial charge is 0.355 e. The Balaban J connectivity index is 1.85. The average molecular weight is 378 g/mol. The van der Waals surface area contributed by atoms with Crippen LogP contribution >= 0.6 is 11.6 Å². The molecule has 0 unspecified atom stereocenters. The topological polar surface area (TPSA) is 53.8 Å². The van der Waals surface area contributed by atoms with E-state index in [2.05, 4.69) is 54.5 Å². The summed E-state index contributed by atoms with van der Waals surface area (Å²) in [6.07, 6.45) is 1.90. The number of benzene rings is 3. The van der Waals surface area contributed by atoms with Gasteiger partial charge in [-0.05, 0) is 92.4 Å². The number of fused-ring (bicyclic) bond motifs is 3. The molecule has 138 valence electrons. The van der Waals surface area contributed by atoms with Crippen molar-refractivity contribution in [2.75, 3.05) is 11.9 Å². The lowest BCUT2D eigenvalue weighted by Crippen LogP contribution is -2.01. The summed E-state index contributed by atoms with van der Waals surface area (Å²) in [4.78, 5) is 3.56. The van der Waals surface area contributed by atoms with Crippen LogP contribution < -0.4 is 11.1 Å². The molecule has 0 aliphatic rings. The Morgan fingerprint density at radius 2 is 1.78 bits per heavy atom. The molecule has 0 amide bonds. The minimum absolute atomic E-state index is 0.683. The van der Waals surface area contributed by atoms with Crippen molar-refractivity contribution in [3.8, 4) is 0 Å². The Morgan fingerprint density at radius 3 is 2.56 bits per heavy atom. The summed E-state index contributed by atoms with van der Waals surface area (Å²) in [5, 5.41) is 6.66. The first-order chi connectivity index (χ1) is 13.0. The van der Waals surface area contributed by atoms with Gasteiger partial charge in [-0.2, -0.15) is 0 Å². The van der Waals surface area contributed by atoms with Gasteiger partial charge in [0.15, 0.2) is 0 Å². The first-order valence-electron chi connectivity index (χ1n) is 9.33. The van der Waals surface area contributed by atoms with Gasteiger partial charge in [0.2, 0.25) is 0 Å². The van der Waals surface area contributed by atoms with Crippen molar-refractivity contribution in [1.82, 2.24) is 4.98 Å². The Hall–Kier alpha value is -2.49. The Morgan fingerprint density at radius 1 is 0.926 bits per heavy atom. The van der Waals surface area contributed by atoms with Gasteiger partial charge in [-0.15, -0.1) is 0 Å². The van der Waals surface area contributed by atoms with E-state index in [0.717, 1.165) is 40.1 Å². The molecule has 4 N–H and O–H groups in total. The van der Waals surface area contributed by atoms with E-state index in [1.54, 1.807) is 0 Å². The monoisotopic (exact) mass is 377 g/mol. The number of halogens is 1.